The van der Waals surface area contributed by atoms with Crippen molar-refractivity contribution in [3.05, 3.63) is 58.0 Å². The van der Waals surface area contributed by atoms with Crippen molar-refractivity contribution < 1.29 is 18.7 Å². The number of hydrogen-bond donors (Lipinski definition) is 1. The third-order valence-electron chi connectivity index (χ3n) is 3.68. The molecule has 1 aliphatic rings. The van der Waals surface area contributed by atoms with E-state index < -0.39 is 17.8 Å². The normalized spacial score (nSPS) is 17.6. The Morgan fingerprint density at radius 2 is 2.25 bits per heavy atom. The van der Waals surface area contributed by atoms with Crippen molar-refractivity contribution in [3.63, 3.8) is 0 Å². The molecular formula is C17H18BrFN2O3. The van der Waals surface area contributed by atoms with Crippen LogP contribution in [-0.4, -0.2) is 30.1 Å². The second-order valence-electron chi connectivity index (χ2n) is 5.17. The Hall–Kier alpha value is -2.15. The van der Waals surface area contributed by atoms with E-state index in [2.05, 4.69) is 27.8 Å². The van der Waals surface area contributed by atoms with Crippen LogP contribution in [0, 0.1) is 5.82 Å². The van der Waals surface area contributed by atoms with Gasteiger partial charge in [-0.15, -0.1) is 6.58 Å². The third kappa shape index (κ3) is 3.51. The lowest BCUT2D eigenvalue weighted by Crippen LogP contribution is -2.48. The summed E-state index contributed by atoms with van der Waals surface area (Å²) in [4.78, 5) is 26.2. The van der Waals surface area contributed by atoms with E-state index in [-0.39, 0.29) is 23.7 Å². The summed E-state index contributed by atoms with van der Waals surface area (Å²) in [5.74, 6) is -0.943. The van der Waals surface area contributed by atoms with E-state index >= 15 is 0 Å². The fraction of sp³-hybridized carbons (Fsp3) is 0.294. The number of ether oxygens (including phenoxy) is 1. The van der Waals surface area contributed by atoms with Gasteiger partial charge in [-0.05, 0) is 47.5 Å². The Morgan fingerprint density at radius 3 is 2.83 bits per heavy atom. The molecule has 0 aliphatic carbocycles. The van der Waals surface area contributed by atoms with Gasteiger partial charge in [-0.1, -0.05) is 12.1 Å². The first-order chi connectivity index (χ1) is 11.4. The highest BCUT2D eigenvalue weighted by Gasteiger charge is 2.36. The molecule has 0 spiro atoms. The Kier molecular flexibility index (Phi) is 5.77. The number of halogens is 2. The zero-order chi connectivity index (χ0) is 17.9. The van der Waals surface area contributed by atoms with Crippen LogP contribution in [0.5, 0.6) is 0 Å². The molecular weight excluding hydrogens is 379 g/mol. The van der Waals surface area contributed by atoms with Crippen molar-refractivity contribution in [2.75, 3.05) is 13.2 Å². The zero-order valence-electron chi connectivity index (χ0n) is 13.4. The number of nitrogens with one attached hydrogen (secondary N) is 1. The summed E-state index contributed by atoms with van der Waals surface area (Å²) >= 11 is 3.12. The molecule has 7 heteroatoms. The number of esters is 1. The largest absolute Gasteiger partial charge is 0.463 e. The first kappa shape index (κ1) is 18.2. The van der Waals surface area contributed by atoms with Gasteiger partial charge in [-0.2, -0.15) is 0 Å². The summed E-state index contributed by atoms with van der Waals surface area (Å²) in [7, 11) is 0. The van der Waals surface area contributed by atoms with Gasteiger partial charge in [0.25, 0.3) is 0 Å². The van der Waals surface area contributed by atoms with Gasteiger partial charge in [-0.3, -0.25) is 4.90 Å². The number of carbonyl (C=O) groups is 2. The lowest BCUT2D eigenvalue weighted by molar-refractivity contribution is -0.139. The molecule has 0 saturated heterocycles. The van der Waals surface area contributed by atoms with Crippen LogP contribution in [0.1, 0.15) is 25.5 Å². The highest BCUT2D eigenvalue weighted by Crippen LogP contribution is 2.33. The second-order valence-corrected chi connectivity index (χ2v) is 6.03. The highest BCUT2D eigenvalue weighted by molar-refractivity contribution is 9.10. The van der Waals surface area contributed by atoms with Crippen LogP contribution in [0.25, 0.3) is 0 Å². The lowest BCUT2D eigenvalue weighted by atomic mass is 9.95. The molecule has 1 aliphatic heterocycles. The van der Waals surface area contributed by atoms with Crippen molar-refractivity contribution in [2.24, 2.45) is 0 Å². The maximum atomic E-state index is 13.5. The van der Waals surface area contributed by atoms with Gasteiger partial charge < -0.3 is 10.1 Å². The van der Waals surface area contributed by atoms with Crippen molar-refractivity contribution in [2.45, 2.75) is 19.9 Å². The summed E-state index contributed by atoms with van der Waals surface area (Å²) in [5, 5.41) is 2.77. The van der Waals surface area contributed by atoms with Gasteiger partial charge in [-0.25, -0.2) is 14.0 Å². The van der Waals surface area contributed by atoms with Crippen LogP contribution in [0.3, 0.4) is 0 Å². The van der Waals surface area contributed by atoms with Crippen LogP contribution in [0.2, 0.25) is 0 Å². The summed E-state index contributed by atoms with van der Waals surface area (Å²) < 4.78 is 18.9. The SMILES string of the molecule is C=CCN1C(=O)N[C@H](c2ccc(F)c(Br)c2)C(C(=O)OCC)=C1C. The molecule has 2 rings (SSSR count). The minimum Gasteiger partial charge on any atom is -0.463 e. The molecule has 0 unspecified atom stereocenters. The predicted molar refractivity (Wildman–Crippen MR) is 91.6 cm³/mol. The number of carbonyl (C=O) groups excluding carboxylic acids is 2. The van der Waals surface area contributed by atoms with Crippen LogP contribution in [0.4, 0.5) is 9.18 Å². The molecule has 0 radical (unpaired) electrons. The topological polar surface area (TPSA) is 58.6 Å². The van der Waals surface area contributed by atoms with Gasteiger partial charge >= 0.3 is 12.0 Å². The number of rotatable bonds is 5. The van der Waals surface area contributed by atoms with Crippen LogP contribution < -0.4 is 5.32 Å². The number of allylic oxidation sites excluding steroid dienone is 1. The molecule has 1 heterocycles. The molecule has 24 heavy (non-hydrogen) atoms. The van der Waals surface area contributed by atoms with Crippen molar-refractivity contribution in [1.82, 2.24) is 10.2 Å². The summed E-state index contributed by atoms with van der Waals surface area (Å²) in [6.45, 7) is 7.49. The van der Waals surface area contributed by atoms with Crippen molar-refractivity contribution in [3.8, 4) is 0 Å². The van der Waals surface area contributed by atoms with Gasteiger partial charge in [0.2, 0.25) is 0 Å². The molecule has 2 amide bonds. The minimum atomic E-state index is -0.713. The molecule has 1 aromatic carbocycles. The average Bonchev–Trinajstić information content (AvgIpc) is 2.53. The number of hydrogen-bond acceptors (Lipinski definition) is 3. The van der Waals surface area contributed by atoms with E-state index in [1.807, 2.05) is 0 Å². The van der Waals surface area contributed by atoms with E-state index in [0.717, 1.165) is 0 Å². The van der Waals surface area contributed by atoms with E-state index in [9.17, 15) is 14.0 Å². The maximum absolute atomic E-state index is 13.5. The fourth-order valence-electron chi connectivity index (χ4n) is 2.55. The first-order valence-corrected chi connectivity index (χ1v) is 8.21. The Bertz CT molecular complexity index is 718. The van der Waals surface area contributed by atoms with Crippen molar-refractivity contribution in [1.29, 1.82) is 0 Å². The van der Waals surface area contributed by atoms with Gasteiger partial charge in [0.1, 0.15) is 5.82 Å². The maximum Gasteiger partial charge on any atom is 0.338 e. The molecule has 1 aromatic rings. The van der Waals surface area contributed by atoms with E-state index in [4.69, 9.17) is 4.74 Å². The number of amides is 2. The second kappa shape index (κ2) is 7.61. The van der Waals surface area contributed by atoms with E-state index in [0.29, 0.717) is 16.8 Å². The highest BCUT2D eigenvalue weighted by atomic mass is 79.9. The smallest absolute Gasteiger partial charge is 0.338 e. The minimum absolute atomic E-state index is 0.213. The molecule has 1 N–H and O–H groups in total. The Balaban J connectivity index is 2.55. The van der Waals surface area contributed by atoms with Crippen LogP contribution >= 0.6 is 15.9 Å². The number of nitrogens with zero attached hydrogens (tertiary/aromatic N) is 1. The quantitative estimate of drug-likeness (QED) is 0.609. The van der Waals surface area contributed by atoms with Gasteiger partial charge in [0.05, 0.1) is 22.7 Å². The fourth-order valence-corrected chi connectivity index (χ4v) is 2.94. The van der Waals surface area contributed by atoms with Gasteiger partial charge in [0.15, 0.2) is 0 Å². The lowest BCUT2D eigenvalue weighted by Gasteiger charge is -2.34. The predicted octanol–water partition coefficient (Wildman–Crippen LogP) is 3.68. The number of benzene rings is 1. The van der Waals surface area contributed by atoms with Crippen molar-refractivity contribution >= 4 is 27.9 Å². The summed E-state index contributed by atoms with van der Waals surface area (Å²) in [6, 6.07) is 3.27. The Morgan fingerprint density at radius 1 is 1.54 bits per heavy atom. The molecule has 5 nitrogen and oxygen atoms in total. The van der Waals surface area contributed by atoms with Crippen LogP contribution in [-0.2, 0) is 9.53 Å². The van der Waals surface area contributed by atoms with E-state index in [1.165, 1.54) is 23.1 Å². The number of urea groups is 1. The average molecular weight is 397 g/mol. The third-order valence-corrected chi connectivity index (χ3v) is 4.29. The standard InChI is InChI=1S/C17H18BrFN2O3/c1-4-8-21-10(3)14(16(22)24-5-2)15(20-17(21)23)11-6-7-13(19)12(18)9-11/h4,6-7,9,15H,1,5,8H2,2-3H3,(H,20,23)/t15-/m1/s1. The molecule has 128 valence electrons. The molecule has 0 aromatic heterocycles. The summed E-state index contributed by atoms with van der Waals surface area (Å²) in [6.07, 6.45) is 1.57. The zero-order valence-corrected chi connectivity index (χ0v) is 15.0. The van der Waals surface area contributed by atoms with E-state index in [1.54, 1.807) is 19.9 Å². The first-order valence-electron chi connectivity index (χ1n) is 7.42. The molecule has 0 fully saturated rings. The van der Waals surface area contributed by atoms with Crippen LogP contribution in [0.15, 0.2) is 46.6 Å². The molecule has 0 bridgehead atoms. The Labute approximate surface area is 148 Å². The van der Waals surface area contributed by atoms with Gasteiger partial charge in [0, 0.05) is 12.2 Å². The molecule has 0 saturated carbocycles. The summed E-state index contributed by atoms with van der Waals surface area (Å²) in [5.41, 5.74) is 1.39. The monoisotopic (exact) mass is 396 g/mol. The molecule has 1 atom stereocenters.